The molecular formula is C19H22N4O. The number of hydrogen-bond donors (Lipinski definition) is 2. The molecule has 0 unspecified atom stereocenters. The van der Waals surface area contributed by atoms with Crippen molar-refractivity contribution < 1.29 is 4.74 Å². The van der Waals surface area contributed by atoms with E-state index in [1.165, 1.54) is 11.1 Å². The molecule has 0 saturated heterocycles. The molecule has 3 rings (SSSR count). The first-order valence-corrected chi connectivity index (χ1v) is 8.15. The van der Waals surface area contributed by atoms with E-state index in [1.807, 2.05) is 31.5 Å². The summed E-state index contributed by atoms with van der Waals surface area (Å²) in [5.41, 5.74) is 5.65. The van der Waals surface area contributed by atoms with Gasteiger partial charge in [-0.05, 0) is 30.2 Å². The molecule has 3 aromatic rings. The van der Waals surface area contributed by atoms with Gasteiger partial charge in [0.15, 0.2) is 0 Å². The van der Waals surface area contributed by atoms with Crippen LogP contribution in [-0.4, -0.2) is 21.8 Å². The van der Waals surface area contributed by atoms with Crippen molar-refractivity contribution in [3.05, 3.63) is 71.7 Å². The van der Waals surface area contributed by atoms with E-state index < -0.39 is 0 Å². The van der Waals surface area contributed by atoms with Gasteiger partial charge in [-0.2, -0.15) is 5.10 Å². The lowest BCUT2D eigenvalue weighted by Crippen LogP contribution is -2.12. The van der Waals surface area contributed by atoms with Crippen molar-refractivity contribution in [1.29, 1.82) is 0 Å². The Morgan fingerprint density at radius 2 is 1.88 bits per heavy atom. The summed E-state index contributed by atoms with van der Waals surface area (Å²) in [4.78, 5) is 4.16. The second kappa shape index (κ2) is 8.38. The second-order valence-electron chi connectivity index (χ2n) is 5.57. The molecule has 5 nitrogen and oxygen atoms in total. The number of ether oxygens (including phenoxy) is 1. The van der Waals surface area contributed by atoms with E-state index in [9.17, 15) is 0 Å². The predicted octanol–water partition coefficient (Wildman–Crippen LogP) is 3.30. The zero-order chi connectivity index (χ0) is 16.6. The summed E-state index contributed by atoms with van der Waals surface area (Å²) in [5.74, 6) is 0. The molecule has 0 aliphatic heterocycles. The van der Waals surface area contributed by atoms with Crippen LogP contribution in [0.25, 0.3) is 11.3 Å². The minimum atomic E-state index is 0.674. The van der Waals surface area contributed by atoms with Gasteiger partial charge in [-0.15, -0.1) is 0 Å². The zero-order valence-electron chi connectivity index (χ0n) is 13.8. The highest BCUT2D eigenvalue weighted by molar-refractivity contribution is 5.61. The fourth-order valence-electron chi connectivity index (χ4n) is 2.52. The molecule has 2 N–H and O–H groups in total. The first kappa shape index (κ1) is 16.4. The van der Waals surface area contributed by atoms with Crippen molar-refractivity contribution in [2.24, 2.45) is 0 Å². The molecule has 0 fully saturated rings. The van der Waals surface area contributed by atoms with Crippen LogP contribution in [0.4, 0.5) is 0 Å². The van der Waals surface area contributed by atoms with Gasteiger partial charge in [0.25, 0.3) is 0 Å². The van der Waals surface area contributed by atoms with Gasteiger partial charge in [-0.25, -0.2) is 0 Å². The van der Waals surface area contributed by atoms with E-state index in [4.69, 9.17) is 4.74 Å². The van der Waals surface area contributed by atoms with E-state index in [2.05, 4.69) is 44.8 Å². The third-order valence-electron chi connectivity index (χ3n) is 3.81. The average Bonchev–Trinajstić information content (AvgIpc) is 3.10. The summed E-state index contributed by atoms with van der Waals surface area (Å²) in [7, 11) is 0. The maximum absolute atomic E-state index is 5.41. The second-order valence-corrected chi connectivity index (χ2v) is 5.57. The van der Waals surface area contributed by atoms with E-state index in [0.717, 1.165) is 36.5 Å². The number of nitrogens with zero attached hydrogens (tertiary/aromatic N) is 2. The Labute approximate surface area is 142 Å². The van der Waals surface area contributed by atoms with Gasteiger partial charge in [-0.3, -0.25) is 10.1 Å². The van der Waals surface area contributed by atoms with E-state index in [1.54, 1.807) is 6.20 Å². The summed E-state index contributed by atoms with van der Waals surface area (Å²) < 4.78 is 5.41. The first-order valence-electron chi connectivity index (χ1n) is 8.15. The number of H-pyrrole nitrogens is 1. The quantitative estimate of drug-likeness (QED) is 0.668. The molecule has 24 heavy (non-hydrogen) atoms. The fraction of sp³-hybridized carbons (Fsp3) is 0.263. The molecule has 0 amide bonds. The molecule has 1 aromatic carbocycles. The van der Waals surface area contributed by atoms with E-state index in [-0.39, 0.29) is 0 Å². The van der Waals surface area contributed by atoms with Gasteiger partial charge in [0, 0.05) is 43.2 Å². The maximum Gasteiger partial charge on any atom is 0.0716 e. The Hall–Kier alpha value is -2.50. The molecule has 124 valence electrons. The Morgan fingerprint density at radius 1 is 1.04 bits per heavy atom. The Balaban J connectivity index is 1.55. The molecule has 0 radical (unpaired) electrons. The van der Waals surface area contributed by atoms with Crippen molar-refractivity contribution in [2.75, 3.05) is 6.61 Å². The zero-order valence-corrected chi connectivity index (χ0v) is 13.8. The monoisotopic (exact) mass is 322 g/mol. The molecule has 0 aliphatic carbocycles. The van der Waals surface area contributed by atoms with Gasteiger partial charge in [0.1, 0.15) is 0 Å². The number of aromatic nitrogens is 3. The van der Waals surface area contributed by atoms with Gasteiger partial charge in [0.05, 0.1) is 18.5 Å². The third-order valence-corrected chi connectivity index (χ3v) is 3.81. The summed E-state index contributed by atoms with van der Waals surface area (Å²) in [6.45, 7) is 4.99. The fourth-order valence-corrected chi connectivity index (χ4v) is 2.52. The summed E-state index contributed by atoms with van der Waals surface area (Å²) in [5, 5.41) is 10.7. The molecule has 0 aliphatic rings. The number of rotatable bonds is 8. The van der Waals surface area contributed by atoms with Crippen LogP contribution >= 0.6 is 0 Å². The molecule has 5 heteroatoms. The summed E-state index contributed by atoms with van der Waals surface area (Å²) >= 11 is 0. The Kier molecular flexibility index (Phi) is 5.71. The van der Waals surface area contributed by atoms with Crippen molar-refractivity contribution in [3.8, 4) is 11.3 Å². The normalized spacial score (nSPS) is 10.9. The lowest BCUT2D eigenvalue weighted by atomic mass is 10.1. The number of pyridine rings is 1. The average molecular weight is 322 g/mol. The lowest BCUT2D eigenvalue weighted by molar-refractivity contribution is 0.134. The predicted molar refractivity (Wildman–Crippen MR) is 94.1 cm³/mol. The Morgan fingerprint density at radius 3 is 2.62 bits per heavy atom. The van der Waals surface area contributed by atoms with Crippen LogP contribution in [0.1, 0.15) is 23.6 Å². The molecule has 0 saturated carbocycles. The summed E-state index contributed by atoms with van der Waals surface area (Å²) in [6.07, 6.45) is 5.47. The summed E-state index contributed by atoms with van der Waals surface area (Å²) in [6, 6.07) is 12.5. The van der Waals surface area contributed by atoms with Crippen LogP contribution in [0.15, 0.2) is 55.0 Å². The Bertz CT molecular complexity index is 738. The van der Waals surface area contributed by atoms with Crippen LogP contribution in [0.3, 0.4) is 0 Å². The van der Waals surface area contributed by atoms with Crippen LogP contribution < -0.4 is 5.32 Å². The number of benzene rings is 1. The minimum absolute atomic E-state index is 0.674. The number of hydrogen-bond acceptors (Lipinski definition) is 4. The van der Waals surface area contributed by atoms with Crippen LogP contribution in [0.5, 0.6) is 0 Å². The minimum Gasteiger partial charge on any atom is -0.377 e. The van der Waals surface area contributed by atoms with E-state index in [0.29, 0.717) is 6.61 Å². The highest BCUT2D eigenvalue weighted by atomic mass is 16.5. The van der Waals surface area contributed by atoms with Gasteiger partial charge in [-0.1, -0.05) is 24.3 Å². The van der Waals surface area contributed by atoms with Crippen LogP contribution in [0.2, 0.25) is 0 Å². The van der Waals surface area contributed by atoms with Crippen LogP contribution in [-0.2, 0) is 24.4 Å². The SMILES string of the molecule is CCOCc1ccc(CNCc2cn[nH]c2-c2cccnc2)cc1. The molecule has 2 heterocycles. The highest BCUT2D eigenvalue weighted by Gasteiger charge is 2.07. The third kappa shape index (κ3) is 4.28. The lowest BCUT2D eigenvalue weighted by Gasteiger charge is -2.07. The standard InChI is InChI=1S/C19H22N4O/c1-2-24-14-16-7-5-15(6-8-16)10-21-12-18-13-22-23-19(18)17-4-3-9-20-11-17/h3-9,11,13,21H,2,10,12,14H2,1H3,(H,22,23). The molecular weight excluding hydrogens is 300 g/mol. The van der Waals surface area contributed by atoms with Gasteiger partial charge in [0.2, 0.25) is 0 Å². The molecule has 0 spiro atoms. The first-order chi connectivity index (χ1) is 11.9. The van der Waals surface area contributed by atoms with Gasteiger partial charge >= 0.3 is 0 Å². The molecule has 0 atom stereocenters. The van der Waals surface area contributed by atoms with Crippen molar-refractivity contribution in [3.63, 3.8) is 0 Å². The largest absolute Gasteiger partial charge is 0.377 e. The molecule has 0 bridgehead atoms. The van der Waals surface area contributed by atoms with Crippen LogP contribution in [0, 0.1) is 0 Å². The van der Waals surface area contributed by atoms with Crippen molar-refractivity contribution in [2.45, 2.75) is 26.6 Å². The maximum atomic E-state index is 5.41. The van der Waals surface area contributed by atoms with Crippen molar-refractivity contribution >= 4 is 0 Å². The number of nitrogens with one attached hydrogen (secondary N) is 2. The number of aromatic amines is 1. The van der Waals surface area contributed by atoms with Gasteiger partial charge < -0.3 is 10.1 Å². The van der Waals surface area contributed by atoms with Crippen molar-refractivity contribution in [1.82, 2.24) is 20.5 Å². The van der Waals surface area contributed by atoms with E-state index >= 15 is 0 Å². The highest BCUT2D eigenvalue weighted by Crippen LogP contribution is 2.19. The topological polar surface area (TPSA) is 62.8 Å². The smallest absolute Gasteiger partial charge is 0.0716 e. The molecule has 2 aromatic heterocycles.